The van der Waals surface area contributed by atoms with Crippen LogP contribution in [-0.2, 0) is 6.54 Å². The average molecular weight is 439 g/mol. The standard InChI is InChI=1S/C27H26N4O2/c1-17-14-25(28-16-21-10-7-9-19-8-5-6-11-22(19)21)31-27(29-17)26(18(2)30-31)20-12-13-23(32-3)24(15-20)33-4/h5-15,28H,16H2,1-4H3. The molecule has 166 valence electrons. The van der Waals surface area contributed by atoms with Gasteiger partial charge < -0.3 is 14.8 Å². The van der Waals surface area contributed by atoms with Gasteiger partial charge in [-0.3, -0.25) is 0 Å². The minimum absolute atomic E-state index is 0.677. The molecule has 5 rings (SSSR count). The van der Waals surface area contributed by atoms with Gasteiger partial charge in [0.25, 0.3) is 0 Å². The van der Waals surface area contributed by atoms with E-state index >= 15 is 0 Å². The molecule has 0 aliphatic rings. The van der Waals surface area contributed by atoms with Crippen LogP contribution < -0.4 is 14.8 Å². The highest BCUT2D eigenvalue weighted by Gasteiger charge is 2.18. The van der Waals surface area contributed by atoms with Gasteiger partial charge in [0.05, 0.1) is 19.9 Å². The Kier molecular flexibility index (Phi) is 5.34. The smallest absolute Gasteiger partial charge is 0.165 e. The van der Waals surface area contributed by atoms with Gasteiger partial charge in [-0.1, -0.05) is 48.5 Å². The second-order valence-corrected chi connectivity index (χ2v) is 8.04. The Balaban J connectivity index is 1.56. The highest BCUT2D eigenvalue weighted by Crippen LogP contribution is 2.36. The first-order valence-corrected chi connectivity index (χ1v) is 10.9. The zero-order valence-electron chi connectivity index (χ0n) is 19.2. The predicted octanol–water partition coefficient (Wildman–Crippen LogP) is 5.80. The topological polar surface area (TPSA) is 60.7 Å². The van der Waals surface area contributed by atoms with Crippen molar-refractivity contribution in [2.24, 2.45) is 0 Å². The summed E-state index contributed by atoms with van der Waals surface area (Å²) in [6.07, 6.45) is 0. The number of nitrogens with zero attached hydrogens (tertiary/aromatic N) is 3. The second kappa shape index (κ2) is 8.47. The summed E-state index contributed by atoms with van der Waals surface area (Å²) in [5.41, 5.74) is 5.82. The zero-order valence-corrected chi connectivity index (χ0v) is 19.2. The molecule has 5 aromatic rings. The highest BCUT2D eigenvalue weighted by atomic mass is 16.5. The molecule has 1 N–H and O–H groups in total. The Morgan fingerprint density at radius 3 is 2.48 bits per heavy atom. The molecule has 2 aromatic heterocycles. The SMILES string of the molecule is COc1ccc(-c2c(C)nn3c(NCc4cccc5ccccc45)cc(C)nc23)cc1OC. The van der Waals surface area contributed by atoms with Crippen molar-refractivity contribution >= 4 is 22.2 Å². The quantitative estimate of drug-likeness (QED) is 0.363. The summed E-state index contributed by atoms with van der Waals surface area (Å²) in [7, 11) is 3.28. The molecule has 6 heteroatoms. The third-order valence-corrected chi connectivity index (χ3v) is 5.90. The van der Waals surface area contributed by atoms with Crippen LogP contribution in [0.15, 0.2) is 66.7 Å². The van der Waals surface area contributed by atoms with Crippen molar-refractivity contribution in [1.82, 2.24) is 14.6 Å². The number of nitrogens with one attached hydrogen (secondary N) is 1. The van der Waals surface area contributed by atoms with Crippen LogP contribution in [0, 0.1) is 13.8 Å². The summed E-state index contributed by atoms with van der Waals surface area (Å²) in [6, 6.07) is 22.8. The van der Waals surface area contributed by atoms with Gasteiger partial charge >= 0.3 is 0 Å². The molecule has 0 aliphatic heterocycles. The molecule has 3 aromatic carbocycles. The van der Waals surface area contributed by atoms with Gasteiger partial charge in [0.1, 0.15) is 5.82 Å². The van der Waals surface area contributed by atoms with Crippen molar-refractivity contribution in [3.63, 3.8) is 0 Å². The molecule has 0 saturated heterocycles. The van der Waals surface area contributed by atoms with Crippen molar-refractivity contribution < 1.29 is 9.47 Å². The van der Waals surface area contributed by atoms with Crippen LogP contribution >= 0.6 is 0 Å². The minimum Gasteiger partial charge on any atom is -0.493 e. The van der Waals surface area contributed by atoms with Gasteiger partial charge in [-0.15, -0.1) is 0 Å². The number of aryl methyl sites for hydroxylation is 2. The Morgan fingerprint density at radius 2 is 1.67 bits per heavy atom. The molecule has 0 radical (unpaired) electrons. The minimum atomic E-state index is 0.677. The van der Waals surface area contributed by atoms with Crippen LogP contribution in [0.5, 0.6) is 11.5 Å². The summed E-state index contributed by atoms with van der Waals surface area (Å²) in [5, 5.41) is 10.9. The molecule has 0 spiro atoms. The molecule has 0 amide bonds. The number of rotatable bonds is 6. The highest BCUT2D eigenvalue weighted by molar-refractivity contribution is 5.86. The maximum atomic E-state index is 5.51. The fourth-order valence-corrected chi connectivity index (χ4v) is 4.33. The number of hydrogen-bond donors (Lipinski definition) is 1. The van der Waals surface area contributed by atoms with Crippen LogP contribution in [0.25, 0.3) is 27.5 Å². The Hall–Kier alpha value is -4.06. The predicted molar refractivity (Wildman–Crippen MR) is 132 cm³/mol. The van der Waals surface area contributed by atoms with Gasteiger partial charge in [-0.2, -0.15) is 9.61 Å². The van der Waals surface area contributed by atoms with E-state index in [1.54, 1.807) is 14.2 Å². The molecular weight excluding hydrogens is 412 g/mol. The van der Waals surface area contributed by atoms with Crippen molar-refractivity contribution in [2.45, 2.75) is 20.4 Å². The van der Waals surface area contributed by atoms with Crippen molar-refractivity contribution in [2.75, 3.05) is 19.5 Å². The van der Waals surface area contributed by atoms with Crippen LogP contribution in [-0.4, -0.2) is 28.8 Å². The van der Waals surface area contributed by atoms with E-state index in [0.717, 1.165) is 34.0 Å². The molecule has 0 bridgehead atoms. The fraction of sp³-hybridized carbons (Fsp3) is 0.185. The molecule has 0 unspecified atom stereocenters. The summed E-state index contributed by atoms with van der Waals surface area (Å²) in [4.78, 5) is 4.82. The van der Waals surface area contributed by atoms with E-state index in [4.69, 9.17) is 19.6 Å². The van der Waals surface area contributed by atoms with E-state index in [9.17, 15) is 0 Å². The molecule has 0 aliphatic carbocycles. The van der Waals surface area contributed by atoms with Crippen LogP contribution in [0.1, 0.15) is 17.0 Å². The Bertz CT molecular complexity index is 1470. The molecule has 0 atom stereocenters. The molecule has 0 saturated carbocycles. The summed E-state index contributed by atoms with van der Waals surface area (Å²) >= 11 is 0. The monoisotopic (exact) mass is 438 g/mol. The first kappa shape index (κ1) is 20.8. The lowest BCUT2D eigenvalue weighted by Crippen LogP contribution is -2.07. The zero-order chi connectivity index (χ0) is 22.9. The number of hydrogen-bond acceptors (Lipinski definition) is 5. The summed E-state index contributed by atoms with van der Waals surface area (Å²) < 4.78 is 12.8. The number of fused-ring (bicyclic) bond motifs is 2. The number of anilines is 1. The number of benzene rings is 3. The van der Waals surface area contributed by atoms with Crippen LogP contribution in [0.4, 0.5) is 5.82 Å². The number of methoxy groups -OCH3 is 2. The van der Waals surface area contributed by atoms with Crippen LogP contribution in [0.2, 0.25) is 0 Å². The lowest BCUT2D eigenvalue weighted by molar-refractivity contribution is 0.355. The first-order chi connectivity index (χ1) is 16.1. The molecule has 0 fully saturated rings. The van der Waals surface area contributed by atoms with Gasteiger partial charge in [0, 0.05) is 23.9 Å². The number of aromatic nitrogens is 3. The first-order valence-electron chi connectivity index (χ1n) is 10.9. The van der Waals surface area contributed by atoms with E-state index in [1.165, 1.54) is 16.3 Å². The number of ether oxygens (including phenoxy) is 2. The Morgan fingerprint density at radius 1 is 0.879 bits per heavy atom. The van der Waals surface area contributed by atoms with Gasteiger partial charge in [0.15, 0.2) is 17.1 Å². The third kappa shape index (κ3) is 3.74. The van der Waals surface area contributed by atoms with E-state index < -0.39 is 0 Å². The largest absolute Gasteiger partial charge is 0.493 e. The van der Waals surface area contributed by atoms with E-state index in [1.807, 2.05) is 42.6 Å². The fourth-order valence-electron chi connectivity index (χ4n) is 4.33. The molecule has 6 nitrogen and oxygen atoms in total. The lowest BCUT2D eigenvalue weighted by Gasteiger charge is -2.12. The van der Waals surface area contributed by atoms with Crippen molar-refractivity contribution in [3.8, 4) is 22.6 Å². The van der Waals surface area contributed by atoms with Gasteiger partial charge in [-0.25, -0.2) is 4.98 Å². The maximum Gasteiger partial charge on any atom is 0.165 e. The van der Waals surface area contributed by atoms with E-state index in [2.05, 4.69) is 47.8 Å². The van der Waals surface area contributed by atoms with E-state index in [0.29, 0.717) is 18.0 Å². The molecular formula is C27H26N4O2. The normalized spacial score (nSPS) is 11.2. The van der Waals surface area contributed by atoms with Gasteiger partial charge in [-0.05, 0) is 47.9 Å². The second-order valence-electron chi connectivity index (χ2n) is 8.04. The molecule has 2 heterocycles. The summed E-state index contributed by atoms with van der Waals surface area (Å²) in [6.45, 7) is 4.69. The van der Waals surface area contributed by atoms with Crippen molar-refractivity contribution in [3.05, 3.63) is 83.7 Å². The Labute approximate surface area is 192 Å². The van der Waals surface area contributed by atoms with Gasteiger partial charge in [0.2, 0.25) is 0 Å². The molecule has 33 heavy (non-hydrogen) atoms. The maximum absolute atomic E-state index is 5.51. The third-order valence-electron chi connectivity index (χ3n) is 5.90. The average Bonchev–Trinajstić information content (AvgIpc) is 3.17. The van der Waals surface area contributed by atoms with Crippen molar-refractivity contribution in [1.29, 1.82) is 0 Å². The summed E-state index contributed by atoms with van der Waals surface area (Å²) in [5.74, 6) is 2.27. The lowest BCUT2D eigenvalue weighted by atomic mass is 10.0. The van der Waals surface area contributed by atoms with Crippen LogP contribution in [0.3, 0.4) is 0 Å². The van der Waals surface area contributed by atoms with E-state index in [-0.39, 0.29) is 0 Å².